The molecule has 0 radical (unpaired) electrons. The van der Waals surface area contributed by atoms with E-state index in [-0.39, 0.29) is 22.8 Å². The molecule has 0 spiro atoms. The Bertz CT molecular complexity index is 1120. The molecule has 3 aromatic rings. The molecule has 1 aliphatic rings. The van der Waals surface area contributed by atoms with Crippen molar-refractivity contribution in [1.29, 1.82) is 0 Å². The summed E-state index contributed by atoms with van der Waals surface area (Å²) in [5.41, 5.74) is 0.808. The van der Waals surface area contributed by atoms with E-state index in [2.05, 4.69) is 25.9 Å². The Balaban J connectivity index is 2.11. The molecule has 0 saturated heterocycles. The maximum Gasteiger partial charge on any atom is 0.341 e. The van der Waals surface area contributed by atoms with Gasteiger partial charge in [-0.05, 0) is 11.5 Å². The maximum absolute atomic E-state index is 12.4. The molecule has 0 saturated carbocycles. The van der Waals surface area contributed by atoms with Crippen LogP contribution < -0.4 is 5.43 Å². The molecule has 134 valence electrons. The Morgan fingerprint density at radius 3 is 2.69 bits per heavy atom. The molecule has 1 atom stereocenters. The predicted octanol–water partition coefficient (Wildman–Crippen LogP) is 2.87. The fraction of sp³-hybridized carbons (Fsp3) is 0.316. The van der Waals surface area contributed by atoms with Crippen LogP contribution in [0.2, 0.25) is 0 Å². The summed E-state index contributed by atoms with van der Waals surface area (Å²) in [7, 11) is 0. The molecule has 2 N–H and O–H groups in total. The Morgan fingerprint density at radius 2 is 2.04 bits per heavy atom. The van der Waals surface area contributed by atoms with Crippen molar-refractivity contribution in [3.8, 4) is 17.1 Å². The van der Waals surface area contributed by atoms with Gasteiger partial charge in [-0.2, -0.15) is 5.10 Å². The maximum atomic E-state index is 12.4. The van der Waals surface area contributed by atoms with Crippen LogP contribution in [0.1, 0.15) is 37.2 Å². The summed E-state index contributed by atoms with van der Waals surface area (Å²) >= 11 is 0. The van der Waals surface area contributed by atoms with Crippen LogP contribution in [0.4, 0.5) is 0 Å². The van der Waals surface area contributed by atoms with Crippen LogP contribution in [-0.4, -0.2) is 30.5 Å². The number of rotatable bonds is 1. The third-order valence-electron chi connectivity index (χ3n) is 4.98. The zero-order valence-corrected chi connectivity index (χ0v) is 14.7. The highest BCUT2D eigenvalue weighted by Gasteiger charge is 2.35. The van der Waals surface area contributed by atoms with Crippen LogP contribution in [-0.2, 0) is 6.54 Å². The number of nitrogens with zero attached hydrogens (tertiary/aromatic N) is 3. The van der Waals surface area contributed by atoms with Crippen molar-refractivity contribution in [1.82, 2.24) is 14.3 Å². The lowest BCUT2D eigenvalue weighted by Gasteiger charge is -2.38. The van der Waals surface area contributed by atoms with Gasteiger partial charge in [0.1, 0.15) is 16.8 Å². The summed E-state index contributed by atoms with van der Waals surface area (Å²) < 4.78 is 3.67. The molecule has 7 heteroatoms. The molecule has 7 nitrogen and oxygen atoms in total. The summed E-state index contributed by atoms with van der Waals surface area (Å²) in [5, 5.41) is 24.8. The SMILES string of the molecule is CC(C)(C)[C@@H]1Cn2nc3c(O)cccc3c2-c2cc(=O)c(C(=O)O)cn21. The van der Waals surface area contributed by atoms with Gasteiger partial charge in [-0.15, -0.1) is 0 Å². The van der Waals surface area contributed by atoms with E-state index in [9.17, 15) is 19.8 Å². The first-order chi connectivity index (χ1) is 12.2. The van der Waals surface area contributed by atoms with Gasteiger partial charge in [0.25, 0.3) is 0 Å². The molecule has 1 aliphatic heterocycles. The number of hydrogen-bond acceptors (Lipinski definition) is 4. The normalized spacial score (nSPS) is 16.3. The number of aromatic carboxylic acids is 1. The third-order valence-corrected chi connectivity index (χ3v) is 4.98. The van der Waals surface area contributed by atoms with Gasteiger partial charge < -0.3 is 14.8 Å². The lowest BCUT2D eigenvalue weighted by atomic mass is 9.85. The van der Waals surface area contributed by atoms with Crippen molar-refractivity contribution in [3.05, 3.63) is 46.2 Å². The largest absolute Gasteiger partial charge is 0.506 e. The molecule has 0 amide bonds. The Labute approximate surface area is 149 Å². The van der Waals surface area contributed by atoms with Crippen molar-refractivity contribution in [2.45, 2.75) is 33.4 Å². The number of aromatic hydroxyl groups is 1. The highest BCUT2D eigenvalue weighted by Crippen LogP contribution is 2.42. The number of fused-ring (bicyclic) bond motifs is 5. The number of carboxylic acids is 1. The fourth-order valence-corrected chi connectivity index (χ4v) is 3.64. The topological polar surface area (TPSA) is 97.3 Å². The number of phenols is 1. The van der Waals surface area contributed by atoms with Crippen LogP contribution in [0, 0.1) is 5.41 Å². The molecule has 0 fully saturated rings. The monoisotopic (exact) mass is 353 g/mol. The zero-order valence-electron chi connectivity index (χ0n) is 14.7. The van der Waals surface area contributed by atoms with Gasteiger partial charge in [-0.25, -0.2) is 4.79 Å². The number of phenolic OH excluding ortho intramolecular Hbond substituents is 1. The third kappa shape index (κ3) is 2.23. The lowest BCUT2D eigenvalue weighted by Crippen LogP contribution is -2.35. The van der Waals surface area contributed by atoms with E-state index in [1.54, 1.807) is 16.8 Å². The van der Waals surface area contributed by atoms with Crippen LogP contribution in [0.5, 0.6) is 5.75 Å². The van der Waals surface area contributed by atoms with Crippen molar-refractivity contribution >= 4 is 16.9 Å². The van der Waals surface area contributed by atoms with Crippen molar-refractivity contribution in [2.24, 2.45) is 5.41 Å². The minimum atomic E-state index is -1.24. The van der Waals surface area contributed by atoms with Gasteiger partial charge in [0.2, 0.25) is 0 Å². The molecule has 1 aromatic carbocycles. The van der Waals surface area contributed by atoms with Crippen molar-refractivity contribution < 1.29 is 15.0 Å². The molecular weight excluding hydrogens is 334 g/mol. The van der Waals surface area contributed by atoms with Gasteiger partial charge in [-0.1, -0.05) is 32.9 Å². The number of carboxylic acid groups (broad SMARTS) is 1. The Hall–Kier alpha value is -3.09. The van der Waals surface area contributed by atoms with Gasteiger partial charge in [0, 0.05) is 17.6 Å². The summed E-state index contributed by atoms with van der Waals surface area (Å²) in [6.45, 7) is 6.70. The summed E-state index contributed by atoms with van der Waals surface area (Å²) in [6.07, 6.45) is 1.43. The van der Waals surface area contributed by atoms with Gasteiger partial charge in [0.15, 0.2) is 5.43 Å². The minimum Gasteiger partial charge on any atom is -0.506 e. The second-order valence-corrected chi connectivity index (χ2v) is 7.73. The highest BCUT2D eigenvalue weighted by molar-refractivity contribution is 5.96. The quantitative estimate of drug-likeness (QED) is 0.701. The minimum absolute atomic E-state index is 0.0766. The number of hydrogen-bond donors (Lipinski definition) is 2. The Morgan fingerprint density at radius 1 is 1.31 bits per heavy atom. The molecule has 4 rings (SSSR count). The van der Waals surface area contributed by atoms with Crippen LogP contribution in [0.25, 0.3) is 22.3 Å². The van der Waals surface area contributed by atoms with Gasteiger partial charge >= 0.3 is 5.97 Å². The van der Waals surface area contributed by atoms with E-state index >= 15 is 0 Å². The van der Waals surface area contributed by atoms with E-state index in [0.717, 1.165) is 5.39 Å². The van der Waals surface area contributed by atoms with E-state index < -0.39 is 11.4 Å². The van der Waals surface area contributed by atoms with Gasteiger partial charge in [0.05, 0.1) is 24.0 Å². The van der Waals surface area contributed by atoms with Crippen LogP contribution in [0.3, 0.4) is 0 Å². The number of aromatic nitrogens is 3. The van der Waals surface area contributed by atoms with Crippen LogP contribution in [0.15, 0.2) is 35.3 Å². The van der Waals surface area contributed by atoms with Gasteiger partial charge in [-0.3, -0.25) is 9.48 Å². The summed E-state index contributed by atoms with van der Waals surface area (Å²) in [5.74, 6) is -1.16. The van der Waals surface area contributed by atoms with E-state index in [1.807, 2.05) is 10.6 Å². The first-order valence-corrected chi connectivity index (χ1v) is 8.37. The molecule has 0 unspecified atom stereocenters. The second-order valence-electron chi connectivity index (χ2n) is 7.73. The second kappa shape index (κ2) is 5.20. The zero-order chi connectivity index (χ0) is 18.8. The first kappa shape index (κ1) is 16.4. The summed E-state index contributed by atoms with van der Waals surface area (Å²) in [4.78, 5) is 23.8. The predicted molar refractivity (Wildman–Crippen MR) is 96.5 cm³/mol. The number of pyridine rings is 1. The fourth-order valence-electron chi connectivity index (χ4n) is 3.64. The Kier molecular flexibility index (Phi) is 3.28. The van der Waals surface area contributed by atoms with E-state index in [1.165, 1.54) is 12.3 Å². The number of benzene rings is 1. The lowest BCUT2D eigenvalue weighted by molar-refractivity contribution is 0.0693. The van der Waals surface area contributed by atoms with Crippen LogP contribution >= 0.6 is 0 Å². The average molecular weight is 353 g/mol. The standard InChI is InChI=1S/C19H19N3O4/c1-19(2,3)15-9-22-17(10-5-4-6-13(23)16(10)20-22)12-7-14(24)11(18(25)26)8-21(12)15/h4-8,15,23H,9H2,1-3H3,(H,25,26)/t15-/m0/s1. The highest BCUT2D eigenvalue weighted by atomic mass is 16.4. The van der Waals surface area contributed by atoms with E-state index in [4.69, 9.17) is 0 Å². The first-order valence-electron chi connectivity index (χ1n) is 8.37. The smallest absolute Gasteiger partial charge is 0.341 e. The molecule has 0 aliphatic carbocycles. The average Bonchev–Trinajstić information content (AvgIpc) is 2.92. The number of carbonyl (C=O) groups is 1. The molecule has 2 aromatic heterocycles. The molecular formula is C19H19N3O4. The van der Waals surface area contributed by atoms with E-state index in [0.29, 0.717) is 23.4 Å². The summed E-state index contributed by atoms with van der Waals surface area (Å²) in [6, 6.07) is 6.40. The molecule has 26 heavy (non-hydrogen) atoms. The van der Waals surface area contributed by atoms with Crippen molar-refractivity contribution in [2.75, 3.05) is 0 Å². The van der Waals surface area contributed by atoms with Crippen molar-refractivity contribution in [3.63, 3.8) is 0 Å². The molecule has 3 heterocycles. The molecule has 0 bridgehead atoms.